The van der Waals surface area contributed by atoms with Crippen LogP contribution in [0.2, 0.25) is 0 Å². The molecular formula is C12H11N3O2S. The summed E-state index contributed by atoms with van der Waals surface area (Å²) in [6, 6.07) is 6.79. The van der Waals surface area contributed by atoms with Crippen molar-refractivity contribution in [2.75, 3.05) is 5.73 Å². The lowest BCUT2D eigenvalue weighted by atomic mass is 10.1. The second-order valence-corrected chi connectivity index (χ2v) is 4.50. The van der Waals surface area contributed by atoms with Gasteiger partial charge < -0.3 is 10.8 Å². The number of benzene rings is 1. The summed E-state index contributed by atoms with van der Waals surface area (Å²) in [7, 11) is 0. The minimum atomic E-state index is -0.930. The first-order valence-corrected chi connectivity index (χ1v) is 6.17. The number of hydrogen-bond acceptors (Lipinski definition) is 5. The summed E-state index contributed by atoms with van der Waals surface area (Å²) in [5.41, 5.74) is 6.86. The van der Waals surface area contributed by atoms with Gasteiger partial charge >= 0.3 is 5.97 Å². The summed E-state index contributed by atoms with van der Waals surface area (Å²) >= 11 is 1.43. The minimum Gasteiger partial charge on any atom is -0.478 e. The van der Waals surface area contributed by atoms with Gasteiger partial charge in [-0.3, -0.25) is 0 Å². The predicted octanol–water partition coefficient (Wildman–Crippen LogP) is 2.05. The van der Waals surface area contributed by atoms with Crippen LogP contribution in [-0.2, 0) is 5.75 Å². The van der Waals surface area contributed by atoms with Gasteiger partial charge in [-0.05, 0) is 17.7 Å². The molecule has 0 amide bonds. The molecule has 0 atom stereocenters. The van der Waals surface area contributed by atoms with E-state index in [2.05, 4.69) is 9.97 Å². The van der Waals surface area contributed by atoms with Crippen molar-refractivity contribution in [1.29, 1.82) is 0 Å². The highest BCUT2D eigenvalue weighted by atomic mass is 32.2. The van der Waals surface area contributed by atoms with Crippen molar-refractivity contribution >= 4 is 23.5 Å². The second-order valence-electron chi connectivity index (χ2n) is 3.54. The van der Waals surface area contributed by atoms with Gasteiger partial charge in [0.15, 0.2) is 5.82 Å². The van der Waals surface area contributed by atoms with Crippen LogP contribution in [0.15, 0.2) is 41.7 Å². The Morgan fingerprint density at radius 3 is 2.83 bits per heavy atom. The molecule has 0 radical (unpaired) electrons. The number of hydrogen-bond donors (Lipinski definition) is 2. The average molecular weight is 261 g/mol. The molecule has 1 heterocycles. The van der Waals surface area contributed by atoms with E-state index in [1.54, 1.807) is 24.4 Å². The number of nitrogens with two attached hydrogens (primary N) is 1. The molecule has 0 saturated carbocycles. The van der Waals surface area contributed by atoms with E-state index in [-0.39, 0.29) is 5.56 Å². The van der Waals surface area contributed by atoms with Crippen LogP contribution in [0.3, 0.4) is 0 Å². The van der Waals surface area contributed by atoms with Crippen molar-refractivity contribution in [2.45, 2.75) is 10.8 Å². The normalized spacial score (nSPS) is 10.2. The number of aromatic carboxylic acids is 1. The summed E-state index contributed by atoms with van der Waals surface area (Å²) in [5.74, 6) is 0.0575. The zero-order valence-electron chi connectivity index (χ0n) is 9.41. The lowest BCUT2D eigenvalue weighted by molar-refractivity contribution is 0.0697. The van der Waals surface area contributed by atoms with E-state index in [4.69, 9.17) is 10.8 Å². The van der Waals surface area contributed by atoms with Gasteiger partial charge in [0.2, 0.25) is 0 Å². The highest BCUT2D eigenvalue weighted by molar-refractivity contribution is 7.98. The van der Waals surface area contributed by atoms with E-state index in [1.807, 2.05) is 6.07 Å². The average Bonchev–Trinajstić information content (AvgIpc) is 2.38. The van der Waals surface area contributed by atoms with Gasteiger partial charge in [-0.1, -0.05) is 23.9 Å². The molecule has 1 aromatic heterocycles. The monoisotopic (exact) mass is 261 g/mol. The van der Waals surface area contributed by atoms with Crippen LogP contribution < -0.4 is 5.73 Å². The third kappa shape index (κ3) is 2.98. The molecule has 0 unspecified atom stereocenters. The van der Waals surface area contributed by atoms with E-state index in [9.17, 15) is 4.79 Å². The fourth-order valence-corrected chi connectivity index (χ4v) is 2.21. The first kappa shape index (κ1) is 12.4. The summed E-state index contributed by atoms with van der Waals surface area (Å²) in [6.07, 6.45) is 3.11. The quantitative estimate of drug-likeness (QED) is 0.819. The Morgan fingerprint density at radius 2 is 2.11 bits per heavy atom. The molecule has 0 aliphatic rings. The van der Waals surface area contributed by atoms with Gasteiger partial charge in [0.25, 0.3) is 0 Å². The largest absolute Gasteiger partial charge is 0.478 e. The second kappa shape index (κ2) is 5.50. The van der Waals surface area contributed by atoms with E-state index in [1.165, 1.54) is 18.0 Å². The maximum absolute atomic E-state index is 10.8. The number of thioether (sulfide) groups is 1. The Bertz CT molecular complexity index is 575. The van der Waals surface area contributed by atoms with Crippen LogP contribution in [0, 0.1) is 0 Å². The zero-order chi connectivity index (χ0) is 13.0. The maximum Gasteiger partial charge on any atom is 0.335 e. The number of carbonyl (C=O) groups is 1. The van der Waals surface area contributed by atoms with E-state index < -0.39 is 5.97 Å². The van der Waals surface area contributed by atoms with Crippen molar-refractivity contribution in [2.24, 2.45) is 0 Å². The molecule has 2 rings (SSSR count). The van der Waals surface area contributed by atoms with Crippen LogP contribution in [0.25, 0.3) is 0 Å². The third-order valence-electron chi connectivity index (χ3n) is 2.24. The molecule has 0 spiro atoms. The summed E-state index contributed by atoms with van der Waals surface area (Å²) in [6.45, 7) is 0. The van der Waals surface area contributed by atoms with Crippen molar-refractivity contribution in [3.05, 3.63) is 47.8 Å². The van der Waals surface area contributed by atoms with Crippen molar-refractivity contribution in [3.8, 4) is 0 Å². The molecule has 3 N–H and O–H groups in total. The predicted molar refractivity (Wildman–Crippen MR) is 69.4 cm³/mol. The van der Waals surface area contributed by atoms with E-state index >= 15 is 0 Å². The Hall–Kier alpha value is -2.08. The number of aromatic nitrogens is 2. The SMILES string of the molecule is Nc1nccnc1SCc1cccc(C(=O)O)c1. The lowest BCUT2D eigenvalue weighted by Crippen LogP contribution is -1.97. The highest BCUT2D eigenvalue weighted by Gasteiger charge is 2.05. The van der Waals surface area contributed by atoms with Crippen LogP contribution in [0.1, 0.15) is 15.9 Å². The maximum atomic E-state index is 10.8. The number of nitrogen functional groups attached to an aromatic ring is 1. The number of carboxylic acids is 1. The Morgan fingerprint density at radius 1 is 1.33 bits per heavy atom. The molecule has 0 bridgehead atoms. The fourth-order valence-electron chi connectivity index (χ4n) is 1.39. The molecule has 5 nitrogen and oxygen atoms in total. The smallest absolute Gasteiger partial charge is 0.335 e. The number of anilines is 1. The Balaban J connectivity index is 2.09. The van der Waals surface area contributed by atoms with Crippen molar-refractivity contribution < 1.29 is 9.90 Å². The summed E-state index contributed by atoms with van der Waals surface area (Å²) in [5, 5.41) is 9.54. The van der Waals surface area contributed by atoms with Crippen LogP contribution >= 0.6 is 11.8 Å². The molecule has 92 valence electrons. The third-order valence-corrected chi connectivity index (χ3v) is 3.31. The van der Waals surface area contributed by atoms with Crippen molar-refractivity contribution in [3.63, 3.8) is 0 Å². The molecule has 0 aliphatic carbocycles. The molecule has 6 heteroatoms. The molecule has 2 aromatic rings. The van der Waals surface area contributed by atoms with Crippen LogP contribution in [-0.4, -0.2) is 21.0 Å². The van der Waals surface area contributed by atoms with Gasteiger partial charge in [0, 0.05) is 18.1 Å². The fraction of sp³-hybridized carbons (Fsp3) is 0.0833. The van der Waals surface area contributed by atoms with E-state index in [0.29, 0.717) is 16.6 Å². The first-order valence-electron chi connectivity index (χ1n) is 5.18. The molecule has 0 fully saturated rings. The van der Waals surface area contributed by atoms with Gasteiger partial charge in [-0.15, -0.1) is 0 Å². The van der Waals surface area contributed by atoms with E-state index in [0.717, 1.165) is 5.56 Å². The molecule has 1 aromatic carbocycles. The molecule has 18 heavy (non-hydrogen) atoms. The minimum absolute atomic E-state index is 0.278. The van der Waals surface area contributed by atoms with Crippen LogP contribution in [0.5, 0.6) is 0 Å². The first-order chi connectivity index (χ1) is 8.66. The Labute approximate surface area is 108 Å². The van der Waals surface area contributed by atoms with Gasteiger partial charge in [0.1, 0.15) is 5.03 Å². The lowest BCUT2D eigenvalue weighted by Gasteiger charge is -2.04. The van der Waals surface area contributed by atoms with Crippen LogP contribution in [0.4, 0.5) is 5.82 Å². The topological polar surface area (TPSA) is 89.1 Å². The zero-order valence-corrected chi connectivity index (χ0v) is 10.2. The number of rotatable bonds is 4. The molecular weight excluding hydrogens is 250 g/mol. The highest BCUT2D eigenvalue weighted by Crippen LogP contribution is 2.24. The van der Waals surface area contributed by atoms with Gasteiger partial charge in [-0.25, -0.2) is 14.8 Å². The number of carboxylic acid groups (broad SMARTS) is 1. The molecule has 0 aliphatic heterocycles. The molecule has 0 saturated heterocycles. The number of nitrogens with zero attached hydrogens (tertiary/aromatic N) is 2. The summed E-state index contributed by atoms with van der Waals surface area (Å²) in [4.78, 5) is 18.9. The van der Waals surface area contributed by atoms with Crippen molar-refractivity contribution in [1.82, 2.24) is 9.97 Å². The summed E-state index contributed by atoms with van der Waals surface area (Å²) < 4.78 is 0. The Kier molecular flexibility index (Phi) is 3.78. The van der Waals surface area contributed by atoms with Gasteiger partial charge in [0.05, 0.1) is 5.56 Å². The van der Waals surface area contributed by atoms with Gasteiger partial charge in [-0.2, -0.15) is 0 Å². The standard InChI is InChI=1S/C12H11N3O2S/c13-10-11(15-5-4-14-10)18-7-8-2-1-3-9(6-8)12(16)17/h1-6H,7H2,(H2,13,14)(H,16,17).